The number of ether oxygens (including phenoxy) is 1. The standard InChI is InChI=1S/C28H29NO5/c1-6-33-21-15-13-18(16-20(21)28(3,4)5)25(30)23-24(22-14-12-17(2)34-22)29(27(32)26(23)31)19-10-8-7-9-11-19/h7-16,24,30H,6H2,1-5H3/b25-23-. The van der Waals surface area contributed by atoms with E-state index in [1.165, 1.54) is 4.90 Å². The second-order valence-electron chi connectivity index (χ2n) is 9.35. The van der Waals surface area contributed by atoms with E-state index in [0.29, 0.717) is 29.4 Å². The average molecular weight is 460 g/mol. The number of ketones is 1. The molecule has 176 valence electrons. The van der Waals surface area contributed by atoms with Crippen molar-refractivity contribution in [3.8, 4) is 5.75 Å². The van der Waals surface area contributed by atoms with E-state index in [2.05, 4.69) is 20.8 Å². The highest BCUT2D eigenvalue weighted by molar-refractivity contribution is 6.51. The van der Waals surface area contributed by atoms with Gasteiger partial charge >= 0.3 is 0 Å². The van der Waals surface area contributed by atoms with E-state index in [-0.39, 0.29) is 16.7 Å². The van der Waals surface area contributed by atoms with E-state index in [1.807, 2.05) is 19.1 Å². The van der Waals surface area contributed by atoms with Crippen LogP contribution in [-0.2, 0) is 15.0 Å². The number of hydrogen-bond donors (Lipinski definition) is 1. The van der Waals surface area contributed by atoms with Crippen molar-refractivity contribution >= 4 is 23.1 Å². The average Bonchev–Trinajstić information content (AvgIpc) is 3.34. The topological polar surface area (TPSA) is 80.0 Å². The fraction of sp³-hybridized carbons (Fsp3) is 0.286. The van der Waals surface area contributed by atoms with E-state index in [0.717, 1.165) is 11.3 Å². The summed E-state index contributed by atoms with van der Waals surface area (Å²) >= 11 is 0. The molecule has 1 amide bonds. The van der Waals surface area contributed by atoms with Gasteiger partial charge in [-0.15, -0.1) is 0 Å². The Morgan fingerprint density at radius 2 is 1.76 bits per heavy atom. The Kier molecular flexibility index (Phi) is 6.09. The molecule has 6 nitrogen and oxygen atoms in total. The maximum Gasteiger partial charge on any atom is 0.300 e. The molecule has 2 heterocycles. The summed E-state index contributed by atoms with van der Waals surface area (Å²) in [5.41, 5.74) is 1.60. The molecule has 4 rings (SSSR count). The number of carbonyl (C=O) groups excluding carboxylic acids is 2. The zero-order valence-corrected chi connectivity index (χ0v) is 20.1. The summed E-state index contributed by atoms with van der Waals surface area (Å²) in [6.45, 7) is 10.4. The van der Waals surface area contributed by atoms with Crippen LogP contribution in [0, 0.1) is 6.92 Å². The maximum atomic E-state index is 13.3. The first-order chi connectivity index (χ1) is 16.1. The Morgan fingerprint density at radius 1 is 1.06 bits per heavy atom. The minimum Gasteiger partial charge on any atom is -0.507 e. The van der Waals surface area contributed by atoms with Gasteiger partial charge in [0.2, 0.25) is 0 Å². The van der Waals surface area contributed by atoms with Crippen LogP contribution in [0.25, 0.3) is 5.76 Å². The van der Waals surface area contributed by atoms with Crippen LogP contribution in [0.4, 0.5) is 5.69 Å². The lowest BCUT2D eigenvalue weighted by atomic mass is 9.84. The molecule has 6 heteroatoms. The summed E-state index contributed by atoms with van der Waals surface area (Å²) in [6, 6.07) is 16.9. The molecule has 1 aromatic heterocycles. The molecular weight excluding hydrogens is 430 g/mol. The Hall–Kier alpha value is -3.80. The third-order valence-corrected chi connectivity index (χ3v) is 5.87. The van der Waals surface area contributed by atoms with Crippen LogP contribution in [0.3, 0.4) is 0 Å². The second-order valence-corrected chi connectivity index (χ2v) is 9.35. The molecule has 0 saturated carbocycles. The van der Waals surface area contributed by atoms with Crippen LogP contribution in [0.5, 0.6) is 5.75 Å². The lowest BCUT2D eigenvalue weighted by Gasteiger charge is -2.25. The molecule has 1 aliphatic rings. The monoisotopic (exact) mass is 459 g/mol. The van der Waals surface area contributed by atoms with Crippen molar-refractivity contribution in [2.24, 2.45) is 0 Å². The summed E-state index contributed by atoms with van der Waals surface area (Å²) in [4.78, 5) is 27.8. The summed E-state index contributed by atoms with van der Waals surface area (Å²) in [7, 11) is 0. The van der Waals surface area contributed by atoms with Gasteiger partial charge in [0.15, 0.2) is 0 Å². The largest absolute Gasteiger partial charge is 0.507 e. The van der Waals surface area contributed by atoms with Gasteiger partial charge in [-0.05, 0) is 61.7 Å². The van der Waals surface area contributed by atoms with Crippen LogP contribution in [0.15, 0.2) is 70.7 Å². The summed E-state index contributed by atoms with van der Waals surface area (Å²) in [5, 5.41) is 11.4. The minimum atomic E-state index is -0.888. The number of aliphatic hydroxyl groups is 1. The molecule has 0 spiro atoms. The van der Waals surface area contributed by atoms with E-state index >= 15 is 0 Å². The van der Waals surface area contributed by atoms with Gasteiger partial charge in [-0.25, -0.2) is 0 Å². The highest BCUT2D eigenvalue weighted by Gasteiger charge is 2.48. The second kappa shape index (κ2) is 8.86. The Labute approximate surface area is 199 Å². The zero-order valence-electron chi connectivity index (χ0n) is 20.1. The van der Waals surface area contributed by atoms with E-state index in [9.17, 15) is 14.7 Å². The van der Waals surface area contributed by atoms with Crippen molar-refractivity contribution in [3.05, 3.63) is 88.9 Å². The quantitative estimate of drug-likeness (QED) is 0.291. The molecule has 3 aromatic rings. The van der Waals surface area contributed by atoms with Crippen LogP contribution in [0.1, 0.15) is 56.4 Å². The molecule has 1 unspecified atom stereocenters. The van der Waals surface area contributed by atoms with Crippen molar-refractivity contribution in [1.82, 2.24) is 0 Å². The number of amides is 1. The van der Waals surface area contributed by atoms with Crippen LogP contribution in [-0.4, -0.2) is 23.4 Å². The molecule has 0 bridgehead atoms. The summed E-state index contributed by atoms with van der Waals surface area (Å²) in [6.07, 6.45) is 0. The molecule has 1 N–H and O–H groups in total. The smallest absolute Gasteiger partial charge is 0.300 e. The number of aryl methyl sites for hydroxylation is 1. The summed E-state index contributed by atoms with van der Waals surface area (Å²) in [5.74, 6) is 0.0492. The Balaban J connectivity index is 1.93. The fourth-order valence-corrected chi connectivity index (χ4v) is 4.26. The highest BCUT2D eigenvalue weighted by Crippen LogP contribution is 2.43. The van der Waals surface area contributed by atoms with Gasteiger partial charge in [0, 0.05) is 16.8 Å². The number of furan rings is 1. The van der Waals surface area contributed by atoms with Crippen LogP contribution in [0.2, 0.25) is 0 Å². The minimum absolute atomic E-state index is 0.00720. The molecule has 1 saturated heterocycles. The number of anilines is 1. The number of Topliss-reactive ketones (excluding diaryl/α,β-unsaturated/α-hetero) is 1. The SMILES string of the molecule is CCOc1ccc(/C(O)=C2/C(=O)C(=O)N(c3ccccc3)C2c2ccc(C)o2)cc1C(C)(C)C. The van der Waals surface area contributed by atoms with Gasteiger partial charge in [0.25, 0.3) is 11.7 Å². The summed E-state index contributed by atoms with van der Waals surface area (Å²) < 4.78 is 11.6. The van der Waals surface area contributed by atoms with E-state index in [1.54, 1.807) is 55.5 Å². The van der Waals surface area contributed by atoms with E-state index in [4.69, 9.17) is 9.15 Å². The number of aliphatic hydroxyl groups excluding tert-OH is 1. The van der Waals surface area contributed by atoms with Gasteiger partial charge in [-0.3, -0.25) is 14.5 Å². The lowest BCUT2D eigenvalue weighted by Crippen LogP contribution is -2.29. The van der Waals surface area contributed by atoms with Crippen LogP contribution < -0.4 is 9.64 Å². The molecule has 1 fully saturated rings. The van der Waals surface area contributed by atoms with Gasteiger partial charge in [-0.2, -0.15) is 0 Å². The van der Waals surface area contributed by atoms with Gasteiger partial charge in [0.05, 0.1) is 12.2 Å². The Morgan fingerprint density at radius 3 is 2.35 bits per heavy atom. The lowest BCUT2D eigenvalue weighted by molar-refractivity contribution is -0.132. The molecule has 1 aliphatic heterocycles. The third-order valence-electron chi connectivity index (χ3n) is 5.87. The van der Waals surface area contributed by atoms with Crippen molar-refractivity contribution in [3.63, 3.8) is 0 Å². The zero-order chi connectivity index (χ0) is 24.6. The first kappa shape index (κ1) is 23.4. The number of hydrogen-bond acceptors (Lipinski definition) is 5. The van der Waals surface area contributed by atoms with Crippen LogP contribution >= 0.6 is 0 Å². The van der Waals surface area contributed by atoms with Gasteiger partial charge in [0.1, 0.15) is 29.1 Å². The first-order valence-electron chi connectivity index (χ1n) is 11.3. The van der Waals surface area contributed by atoms with Crippen molar-refractivity contribution in [2.75, 3.05) is 11.5 Å². The molecule has 1 atom stereocenters. The molecule has 0 radical (unpaired) electrons. The van der Waals surface area contributed by atoms with Gasteiger partial charge in [-0.1, -0.05) is 39.0 Å². The number of para-hydroxylation sites is 1. The molecule has 2 aromatic carbocycles. The predicted molar refractivity (Wildman–Crippen MR) is 131 cm³/mol. The fourth-order valence-electron chi connectivity index (χ4n) is 4.26. The highest BCUT2D eigenvalue weighted by atomic mass is 16.5. The number of rotatable bonds is 5. The molecular formula is C28H29NO5. The third kappa shape index (κ3) is 4.12. The van der Waals surface area contributed by atoms with Crippen molar-refractivity contribution < 1.29 is 23.8 Å². The molecule has 0 aliphatic carbocycles. The predicted octanol–water partition coefficient (Wildman–Crippen LogP) is 5.91. The number of nitrogens with zero attached hydrogens (tertiary/aromatic N) is 1. The Bertz CT molecular complexity index is 1260. The van der Waals surface area contributed by atoms with Crippen molar-refractivity contribution in [1.29, 1.82) is 0 Å². The molecule has 34 heavy (non-hydrogen) atoms. The maximum absolute atomic E-state index is 13.3. The van der Waals surface area contributed by atoms with E-state index < -0.39 is 17.7 Å². The number of carbonyl (C=O) groups is 2. The first-order valence-corrected chi connectivity index (χ1v) is 11.3. The normalized spacial score (nSPS) is 17.9. The van der Waals surface area contributed by atoms with Gasteiger partial charge < -0.3 is 14.3 Å². The van der Waals surface area contributed by atoms with Crippen molar-refractivity contribution in [2.45, 2.75) is 46.1 Å². The number of benzene rings is 2.